The molecule has 0 saturated heterocycles. The van der Waals surface area contributed by atoms with Gasteiger partial charge in [-0.1, -0.05) is 24.1 Å². The first-order valence-corrected chi connectivity index (χ1v) is 13.9. The Kier molecular flexibility index (Phi) is 8.99. The Morgan fingerprint density at radius 2 is 1.73 bits per heavy atom. The first-order valence-electron chi connectivity index (χ1n) is 12.4. The molecule has 40 heavy (non-hydrogen) atoms. The van der Waals surface area contributed by atoms with E-state index in [1.54, 1.807) is 21.1 Å². The molecule has 0 radical (unpaired) electrons. The lowest BCUT2D eigenvalue weighted by atomic mass is 10.1. The van der Waals surface area contributed by atoms with E-state index in [0.29, 0.717) is 23.6 Å². The number of aliphatic carboxylic acids is 1. The Balaban J connectivity index is 1.63. The molecule has 0 spiro atoms. The van der Waals surface area contributed by atoms with Crippen LogP contribution in [0.3, 0.4) is 0 Å². The molecule has 3 aromatic carbocycles. The Morgan fingerprint density at radius 1 is 1.00 bits per heavy atom. The molecular weight excluding hydrogens is 532 g/mol. The summed E-state index contributed by atoms with van der Waals surface area (Å²) >= 11 is 0. The van der Waals surface area contributed by atoms with Crippen molar-refractivity contribution in [2.75, 3.05) is 20.8 Å². The zero-order valence-corrected chi connectivity index (χ0v) is 23.2. The normalized spacial score (nSPS) is 11.9. The Hall–Kier alpha value is -4.46. The standard InChI is InChI=1S/C30H30N2O7S/c1-4-5-16-39-23-10-13-25(14-11-23)40(35,36)31-27(30(33)34)17-22-20-32(19-21-8-6-7-9-29(21)38-3)28-15-12-24(37-2)18-26(22)28/h6-15,18,20,27,31H,16-17,19H2,1-3H3,(H,33,34)/t27-/m0/s1. The Labute approximate surface area is 233 Å². The Morgan fingerprint density at radius 3 is 2.40 bits per heavy atom. The second-order valence-electron chi connectivity index (χ2n) is 8.88. The third-order valence-electron chi connectivity index (χ3n) is 6.35. The first-order chi connectivity index (χ1) is 19.2. The number of carbonyl (C=O) groups is 1. The van der Waals surface area contributed by atoms with Crippen LogP contribution >= 0.6 is 0 Å². The number of fused-ring (bicyclic) bond motifs is 1. The van der Waals surface area contributed by atoms with Crippen LogP contribution in [0.2, 0.25) is 0 Å². The van der Waals surface area contributed by atoms with E-state index >= 15 is 0 Å². The lowest BCUT2D eigenvalue weighted by molar-refractivity contribution is -0.138. The molecule has 0 fully saturated rings. The molecule has 0 aliphatic heterocycles. The van der Waals surface area contributed by atoms with Gasteiger partial charge < -0.3 is 23.9 Å². The van der Waals surface area contributed by atoms with E-state index in [1.165, 1.54) is 24.3 Å². The van der Waals surface area contributed by atoms with Crippen molar-refractivity contribution in [1.29, 1.82) is 0 Å². The molecular formula is C30H30N2O7S. The number of aromatic nitrogens is 1. The molecule has 1 heterocycles. The van der Waals surface area contributed by atoms with E-state index in [-0.39, 0.29) is 17.9 Å². The lowest BCUT2D eigenvalue weighted by Gasteiger charge is -2.15. The summed E-state index contributed by atoms with van der Waals surface area (Å²) in [7, 11) is -0.990. The molecule has 1 atom stereocenters. The van der Waals surface area contributed by atoms with E-state index in [1.807, 2.05) is 53.2 Å². The minimum Gasteiger partial charge on any atom is -0.497 e. The lowest BCUT2D eigenvalue weighted by Crippen LogP contribution is -2.42. The number of sulfonamides is 1. The zero-order valence-electron chi connectivity index (χ0n) is 22.4. The van der Waals surface area contributed by atoms with Gasteiger partial charge in [0.15, 0.2) is 0 Å². The quantitative estimate of drug-likeness (QED) is 0.250. The van der Waals surface area contributed by atoms with Gasteiger partial charge in [-0.05, 0) is 61.0 Å². The molecule has 0 unspecified atom stereocenters. The summed E-state index contributed by atoms with van der Waals surface area (Å²) in [6, 6.07) is 17.5. The maximum Gasteiger partial charge on any atom is 0.322 e. The van der Waals surface area contributed by atoms with E-state index in [2.05, 4.69) is 16.6 Å². The van der Waals surface area contributed by atoms with Gasteiger partial charge in [-0.3, -0.25) is 4.79 Å². The van der Waals surface area contributed by atoms with Crippen molar-refractivity contribution in [3.8, 4) is 29.1 Å². The number of ether oxygens (including phenoxy) is 3. The smallest absolute Gasteiger partial charge is 0.322 e. The van der Waals surface area contributed by atoms with Crippen molar-refractivity contribution in [3.05, 3.63) is 84.1 Å². The third kappa shape index (κ3) is 6.57. The summed E-state index contributed by atoms with van der Waals surface area (Å²) < 4.78 is 46.9. The molecule has 0 aliphatic rings. The maximum atomic E-state index is 13.1. The van der Waals surface area contributed by atoms with Crippen LogP contribution in [0.4, 0.5) is 0 Å². The minimum atomic E-state index is -4.15. The van der Waals surface area contributed by atoms with Gasteiger partial charge in [0.05, 0.1) is 25.7 Å². The summed E-state index contributed by atoms with van der Waals surface area (Å²) in [6.07, 6.45) is 1.75. The molecule has 2 N–H and O–H groups in total. The highest BCUT2D eigenvalue weighted by Gasteiger charge is 2.27. The second kappa shape index (κ2) is 12.6. The van der Waals surface area contributed by atoms with Gasteiger partial charge in [0.2, 0.25) is 10.0 Å². The molecule has 0 aliphatic carbocycles. The van der Waals surface area contributed by atoms with Crippen LogP contribution in [0, 0.1) is 11.8 Å². The van der Waals surface area contributed by atoms with Gasteiger partial charge in [-0.2, -0.15) is 4.72 Å². The van der Waals surface area contributed by atoms with Crippen molar-refractivity contribution < 1.29 is 32.5 Å². The molecule has 0 bridgehead atoms. The van der Waals surface area contributed by atoms with Crippen LogP contribution in [0.1, 0.15) is 18.1 Å². The van der Waals surface area contributed by atoms with Gasteiger partial charge in [0.25, 0.3) is 0 Å². The van der Waals surface area contributed by atoms with Crippen molar-refractivity contribution >= 4 is 26.9 Å². The number of nitrogens with zero attached hydrogens (tertiary/aromatic N) is 1. The number of nitrogens with one attached hydrogen (secondary N) is 1. The van der Waals surface area contributed by atoms with E-state index in [4.69, 9.17) is 14.2 Å². The van der Waals surface area contributed by atoms with Gasteiger partial charge >= 0.3 is 5.97 Å². The SMILES string of the molecule is CC#CCOc1ccc(S(=O)(=O)N[C@@H](Cc2cn(Cc3ccccc3OC)c3ccc(OC)cc23)C(=O)O)cc1. The topological polar surface area (TPSA) is 116 Å². The summed E-state index contributed by atoms with van der Waals surface area (Å²) in [5.41, 5.74) is 2.44. The average Bonchev–Trinajstić information content (AvgIpc) is 3.29. The highest BCUT2D eigenvalue weighted by atomic mass is 32.2. The van der Waals surface area contributed by atoms with E-state index < -0.39 is 22.0 Å². The Bertz CT molecular complexity index is 1670. The number of hydrogen-bond donors (Lipinski definition) is 2. The largest absolute Gasteiger partial charge is 0.497 e. The van der Waals surface area contributed by atoms with Crippen molar-refractivity contribution in [2.45, 2.75) is 30.8 Å². The van der Waals surface area contributed by atoms with Crippen molar-refractivity contribution in [3.63, 3.8) is 0 Å². The average molecular weight is 563 g/mol. The van der Waals surface area contributed by atoms with Gasteiger partial charge in [0.1, 0.15) is 29.9 Å². The van der Waals surface area contributed by atoms with Crippen LogP contribution < -0.4 is 18.9 Å². The highest BCUT2D eigenvalue weighted by Crippen LogP contribution is 2.29. The number of carboxylic acid groups (broad SMARTS) is 1. The van der Waals surface area contributed by atoms with Crippen LogP contribution in [-0.4, -0.2) is 50.9 Å². The number of benzene rings is 3. The summed E-state index contributed by atoms with van der Waals surface area (Å²) in [5.74, 6) is 5.95. The predicted octanol–water partition coefficient (Wildman–Crippen LogP) is 4.08. The van der Waals surface area contributed by atoms with Crippen LogP contribution in [0.5, 0.6) is 17.2 Å². The van der Waals surface area contributed by atoms with Crippen LogP contribution in [-0.2, 0) is 27.8 Å². The fraction of sp³-hybridized carbons (Fsp3) is 0.233. The number of para-hydroxylation sites is 1. The molecule has 10 heteroatoms. The third-order valence-corrected chi connectivity index (χ3v) is 7.83. The van der Waals surface area contributed by atoms with E-state index in [0.717, 1.165) is 22.2 Å². The van der Waals surface area contributed by atoms with Crippen LogP contribution in [0.25, 0.3) is 10.9 Å². The number of rotatable bonds is 12. The number of hydrogen-bond acceptors (Lipinski definition) is 6. The maximum absolute atomic E-state index is 13.1. The second-order valence-corrected chi connectivity index (χ2v) is 10.6. The molecule has 1 aromatic heterocycles. The zero-order chi connectivity index (χ0) is 28.7. The fourth-order valence-corrected chi connectivity index (χ4v) is 5.54. The summed E-state index contributed by atoms with van der Waals surface area (Å²) in [5, 5.41) is 10.7. The van der Waals surface area contributed by atoms with Gasteiger partial charge in [-0.15, -0.1) is 5.92 Å². The number of carboxylic acids is 1. The number of methoxy groups -OCH3 is 2. The molecule has 4 aromatic rings. The first kappa shape index (κ1) is 28.5. The highest BCUT2D eigenvalue weighted by molar-refractivity contribution is 7.89. The molecule has 208 valence electrons. The molecule has 0 amide bonds. The summed E-state index contributed by atoms with van der Waals surface area (Å²) in [4.78, 5) is 12.2. The van der Waals surface area contributed by atoms with Gasteiger partial charge in [-0.25, -0.2) is 8.42 Å². The van der Waals surface area contributed by atoms with Gasteiger partial charge in [0, 0.05) is 29.1 Å². The monoisotopic (exact) mass is 562 g/mol. The molecule has 4 rings (SSSR count). The predicted molar refractivity (Wildman–Crippen MR) is 151 cm³/mol. The van der Waals surface area contributed by atoms with Crippen molar-refractivity contribution in [2.24, 2.45) is 0 Å². The van der Waals surface area contributed by atoms with Crippen LogP contribution in [0.15, 0.2) is 77.8 Å². The van der Waals surface area contributed by atoms with Crippen molar-refractivity contribution in [1.82, 2.24) is 9.29 Å². The van der Waals surface area contributed by atoms with E-state index in [9.17, 15) is 18.3 Å². The summed E-state index contributed by atoms with van der Waals surface area (Å²) in [6.45, 7) is 2.34. The molecule has 0 saturated carbocycles. The molecule has 9 nitrogen and oxygen atoms in total. The fourth-order valence-electron chi connectivity index (χ4n) is 4.35. The minimum absolute atomic E-state index is 0.0760.